The zero-order valence-electron chi connectivity index (χ0n) is 6.17. The molecule has 6 heteroatoms. The largest absolute Gasteiger partial charge is 0.329 e. The van der Waals surface area contributed by atoms with Crippen molar-refractivity contribution in [3.8, 4) is 0 Å². The van der Waals surface area contributed by atoms with Gasteiger partial charge in [0.05, 0.1) is 6.54 Å². The van der Waals surface area contributed by atoms with Crippen molar-refractivity contribution in [3.63, 3.8) is 0 Å². The molecule has 1 rings (SSSR count). The average molecular weight is 191 g/mol. The predicted octanol–water partition coefficient (Wildman–Crippen LogP) is -0.306. The molecule has 3 amide bonds. The summed E-state index contributed by atoms with van der Waals surface area (Å²) in [5, 5.41) is 1.77. The Hall–Kier alpha value is -1.10. The Morgan fingerprint density at radius 3 is 2.67 bits per heavy atom. The van der Waals surface area contributed by atoms with Gasteiger partial charge in [-0.2, -0.15) is 0 Å². The van der Waals surface area contributed by atoms with Crippen molar-refractivity contribution in [2.75, 3.05) is 13.1 Å². The molecule has 1 fully saturated rings. The summed E-state index contributed by atoms with van der Waals surface area (Å²) >= 11 is 5.04. The number of imide groups is 1. The molecule has 0 unspecified atom stereocenters. The number of carbonyl (C=O) groups is 3. The van der Waals surface area contributed by atoms with E-state index < -0.39 is 11.3 Å². The molecule has 1 N–H and O–H groups in total. The van der Waals surface area contributed by atoms with Crippen molar-refractivity contribution in [1.29, 1.82) is 0 Å². The van der Waals surface area contributed by atoms with Gasteiger partial charge in [-0.15, -0.1) is 0 Å². The monoisotopic (exact) mass is 190 g/mol. The maximum absolute atomic E-state index is 10.9. The van der Waals surface area contributed by atoms with Gasteiger partial charge in [-0.1, -0.05) is 0 Å². The molecule has 1 saturated heterocycles. The number of amides is 3. The number of hydrogen-bond acceptors (Lipinski definition) is 3. The van der Waals surface area contributed by atoms with Crippen LogP contribution in [0.2, 0.25) is 0 Å². The first kappa shape index (κ1) is 8.99. The lowest BCUT2D eigenvalue weighted by molar-refractivity contribution is -0.125. The SMILES string of the molecule is O=C(Cl)CCN1C(=O)CNC1=O. The summed E-state index contributed by atoms with van der Waals surface area (Å²) < 4.78 is 0. The summed E-state index contributed by atoms with van der Waals surface area (Å²) in [5.41, 5.74) is 0. The molecular weight excluding hydrogens is 184 g/mol. The third kappa shape index (κ3) is 1.94. The molecule has 0 aromatic carbocycles. The zero-order chi connectivity index (χ0) is 9.14. The molecule has 0 spiro atoms. The Kier molecular flexibility index (Phi) is 2.65. The number of hydrogen-bond donors (Lipinski definition) is 1. The van der Waals surface area contributed by atoms with Crippen LogP contribution in [0.4, 0.5) is 4.79 Å². The van der Waals surface area contributed by atoms with Gasteiger partial charge in [0, 0.05) is 13.0 Å². The molecule has 0 radical (unpaired) electrons. The number of rotatable bonds is 3. The van der Waals surface area contributed by atoms with E-state index in [1.807, 2.05) is 0 Å². The van der Waals surface area contributed by atoms with Crippen molar-refractivity contribution in [1.82, 2.24) is 10.2 Å². The summed E-state index contributed by atoms with van der Waals surface area (Å²) in [6.45, 7) is 0.0717. The van der Waals surface area contributed by atoms with Crippen LogP contribution in [0.15, 0.2) is 0 Å². The van der Waals surface area contributed by atoms with E-state index in [1.165, 1.54) is 0 Å². The summed E-state index contributed by atoms with van der Waals surface area (Å²) in [6.07, 6.45) is 0.000710. The summed E-state index contributed by atoms with van der Waals surface area (Å²) in [4.78, 5) is 33.0. The third-order valence-corrected chi connectivity index (χ3v) is 1.66. The number of nitrogens with zero attached hydrogens (tertiary/aromatic N) is 1. The van der Waals surface area contributed by atoms with Crippen molar-refractivity contribution >= 4 is 28.8 Å². The maximum atomic E-state index is 10.9. The van der Waals surface area contributed by atoms with Crippen LogP contribution in [0, 0.1) is 0 Å². The lowest BCUT2D eigenvalue weighted by Gasteiger charge is -2.09. The van der Waals surface area contributed by atoms with Gasteiger partial charge in [-0.25, -0.2) is 4.79 Å². The minimum Gasteiger partial charge on any atom is -0.329 e. The fourth-order valence-corrected chi connectivity index (χ4v) is 0.966. The van der Waals surface area contributed by atoms with Crippen LogP contribution in [0.25, 0.3) is 0 Å². The van der Waals surface area contributed by atoms with Crippen molar-refractivity contribution < 1.29 is 14.4 Å². The van der Waals surface area contributed by atoms with E-state index in [2.05, 4.69) is 5.32 Å². The summed E-state index contributed by atoms with van der Waals surface area (Å²) in [5.74, 6) is -0.321. The van der Waals surface area contributed by atoms with Gasteiger partial charge in [-0.05, 0) is 11.6 Å². The van der Waals surface area contributed by atoms with Crippen molar-refractivity contribution in [2.45, 2.75) is 6.42 Å². The first-order valence-corrected chi connectivity index (χ1v) is 3.75. The highest BCUT2D eigenvalue weighted by atomic mass is 35.5. The van der Waals surface area contributed by atoms with Gasteiger partial charge >= 0.3 is 6.03 Å². The van der Waals surface area contributed by atoms with Crippen LogP contribution in [0.5, 0.6) is 0 Å². The number of nitrogens with one attached hydrogen (secondary N) is 1. The Balaban J connectivity index is 2.45. The Bertz CT molecular complexity index is 225. The molecule has 1 aliphatic rings. The molecule has 66 valence electrons. The van der Waals surface area contributed by atoms with Crippen LogP contribution in [-0.2, 0) is 9.59 Å². The number of halogens is 1. The molecular formula is C6H7ClN2O3. The van der Waals surface area contributed by atoms with E-state index in [1.54, 1.807) is 0 Å². The smallest absolute Gasteiger partial charge is 0.324 e. The fraction of sp³-hybridized carbons (Fsp3) is 0.500. The molecule has 1 heterocycles. The summed E-state index contributed by atoms with van der Waals surface area (Å²) in [7, 11) is 0. The molecule has 0 aliphatic carbocycles. The van der Waals surface area contributed by atoms with Crippen LogP contribution in [0.1, 0.15) is 6.42 Å². The van der Waals surface area contributed by atoms with Gasteiger partial charge < -0.3 is 5.32 Å². The van der Waals surface area contributed by atoms with Crippen LogP contribution in [0.3, 0.4) is 0 Å². The van der Waals surface area contributed by atoms with Crippen LogP contribution >= 0.6 is 11.6 Å². The van der Waals surface area contributed by atoms with Crippen molar-refractivity contribution in [2.24, 2.45) is 0 Å². The number of urea groups is 1. The highest BCUT2D eigenvalue weighted by Crippen LogP contribution is 2.01. The second-order valence-corrected chi connectivity index (χ2v) is 2.73. The molecule has 0 saturated carbocycles. The molecule has 0 aromatic rings. The minimum absolute atomic E-state index is 0.000710. The second-order valence-electron chi connectivity index (χ2n) is 2.31. The average Bonchev–Trinajstić information content (AvgIpc) is 2.28. The second kappa shape index (κ2) is 3.53. The quantitative estimate of drug-likeness (QED) is 0.491. The Labute approximate surface area is 73.7 Å². The predicted molar refractivity (Wildman–Crippen MR) is 40.6 cm³/mol. The Morgan fingerprint density at radius 2 is 2.25 bits per heavy atom. The molecule has 12 heavy (non-hydrogen) atoms. The van der Waals surface area contributed by atoms with Gasteiger partial charge in [0.25, 0.3) is 0 Å². The molecule has 5 nitrogen and oxygen atoms in total. The van der Waals surface area contributed by atoms with E-state index in [4.69, 9.17) is 11.6 Å². The van der Waals surface area contributed by atoms with Crippen LogP contribution in [-0.4, -0.2) is 35.2 Å². The lowest BCUT2D eigenvalue weighted by atomic mass is 10.4. The molecule has 0 atom stereocenters. The van der Waals surface area contributed by atoms with Gasteiger partial charge in [-0.3, -0.25) is 14.5 Å². The van der Waals surface area contributed by atoms with Gasteiger partial charge in [0.15, 0.2) is 0 Å². The van der Waals surface area contributed by atoms with Crippen molar-refractivity contribution in [3.05, 3.63) is 0 Å². The molecule has 0 aromatic heterocycles. The minimum atomic E-state index is -0.553. The Morgan fingerprint density at radius 1 is 1.58 bits per heavy atom. The first-order chi connectivity index (χ1) is 5.61. The van der Waals surface area contributed by atoms with Gasteiger partial charge in [0.1, 0.15) is 0 Å². The zero-order valence-corrected chi connectivity index (χ0v) is 6.93. The van der Waals surface area contributed by atoms with E-state index in [0.29, 0.717) is 0 Å². The van der Waals surface area contributed by atoms with E-state index in [0.717, 1.165) is 4.90 Å². The molecule has 1 aliphatic heterocycles. The van der Waals surface area contributed by atoms with E-state index >= 15 is 0 Å². The highest BCUT2D eigenvalue weighted by molar-refractivity contribution is 6.63. The van der Waals surface area contributed by atoms with E-state index in [-0.39, 0.29) is 25.4 Å². The fourth-order valence-electron chi connectivity index (χ4n) is 0.881. The first-order valence-electron chi connectivity index (χ1n) is 3.38. The lowest BCUT2D eigenvalue weighted by Crippen LogP contribution is -2.32. The standard InChI is InChI=1S/C6H7ClN2O3/c7-4(10)1-2-9-5(11)3-8-6(9)12/h1-3H2,(H,8,12). The number of carbonyl (C=O) groups excluding carboxylic acids is 3. The maximum Gasteiger partial charge on any atom is 0.324 e. The van der Waals surface area contributed by atoms with Gasteiger partial charge in [0.2, 0.25) is 11.1 Å². The molecule has 0 bridgehead atoms. The topological polar surface area (TPSA) is 66.5 Å². The van der Waals surface area contributed by atoms with Crippen LogP contribution < -0.4 is 5.32 Å². The third-order valence-electron chi connectivity index (χ3n) is 1.47. The van der Waals surface area contributed by atoms with E-state index in [9.17, 15) is 14.4 Å². The highest BCUT2D eigenvalue weighted by Gasteiger charge is 2.27. The summed E-state index contributed by atoms with van der Waals surface area (Å²) in [6, 6.07) is -0.460. The normalized spacial score (nSPS) is 16.6.